The minimum atomic E-state index is -0.822. The van der Waals surface area contributed by atoms with Gasteiger partial charge < -0.3 is 14.4 Å². The number of anilines is 2. The molecule has 6 nitrogen and oxygen atoms in total. The number of hydrogen-bond acceptors (Lipinski definition) is 5. The van der Waals surface area contributed by atoms with Crippen LogP contribution in [0.4, 0.5) is 11.4 Å². The molecule has 0 aliphatic carbocycles. The first kappa shape index (κ1) is 24.7. The summed E-state index contributed by atoms with van der Waals surface area (Å²) in [5.41, 5.74) is 3.73. The molecular formula is C30H27ClN2O4. The Morgan fingerprint density at radius 3 is 2.41 bits per heavy atom. The summed E-state index contributed by atoms with van der Waals surface area (Å²) in [5, 5.41) is 12.3. The Bertz CT molecular complexity index is 1530. The number of carbonyl (C=O) groups excluding carboxylic acids is 2. The Hall–Kier alpha value is -4.03. The molecule has 37 heavy (non-hydrogen) atoms. The van der Waals surface area contributed by atoms with Crippen molar-refractivity contribution >= 4 is 45.6 Å². The third kappa shape index (κ3) is 4.27. The maximum atomic E-state index is 13.8. The highest BCUT2D eigenvalue weighted by molar-refractivity contribution is 6.31. The van der Waals surface area contributed by atoms with Crippen LogP contribution in [0.3, 0.4) is 0 Å². The smallest absolute Gasteiger partial charge is 0.294 e. The topological polar surface area (TPSA) is 74.0 Å². The van der Waals surface area contributed by atoms with E-state index in [1.807, 2.05) is 55.5 Å². The molecule has 3 aromatic carbocycles. The number of rotatable bonds is 7. The van der Waals surface area contributed by atoms with E-state index in [1.54, 1.807) is 24.3 Å². The number of fused-ring (bicyclic) bond motifs is 1. The Balaban J connectivity index is 1.62. The highest BCUT2D eigenvalue weighted by Gasteiger charge is 2.45. The third-order valence-corrected chi connectivity index (χ3v) is 7.13. The van der Waals surface area contributed by atoms with Crippen LogP contribution in [0.25, 0.3) is 11.0 Å². The normalized spacial score (nSPS) is 15.6. The number of aryl methyl sites for hydroxylation is 1. The number of furan rings is 1. The summed E-state index contributed by atoms with van der Waals surface area (Å²) in [7, 11) is 0. The fraction of sp³-hybridized carbons (Fsp3) is 0.200. The van der Waals surface area contributed by atoms with E-state index in [9.17, 15) is 14.7 Å². The summed E-state index contributed by atoms with van der Waals surface area (Å²) in [5.74, 6) is -1.73. The van der Waals surface area contributed by atoms with Gasteiger partial charge in [-0.2, -0.15) is 0 Å². The van der Waals surface area contributed by atoms with Crippen LogP contribution in [0.2, 0.25) is 5.02 Å². The number of aliphatic hydroxyl groups is 1. The van der Waals surface area contributed by atoms with E-state index in [1.165, 1.54) is 4.90 Å². The van der Waals surface area contributed by atoms with E-state index in [-0.39, 0.29) is 11.3 Å². The quantitative estimate of drug-likeness (QED) is 0.268. The first-order valence-corrected chi connectivity index (χ1v) is 12.6. The third-order valence-electron chi connectivity index (χ3n) is 6.89. The summed E-state index contributed by atoms with van der Waals surface area (Å²) in [6, 6.07) is 21.0. The molecule has 0 fully saturated rings. The molecule has 0 spiro atoms. The lowest BCUT2D eigenvalue weighted by molar-refractivity contribution is -0.117. The predicted molar refractivity (Wildman–Crippen MR) is 147 cm³/mol. The van der Waals surface area contributed by atoms with Crippen LogP contribution in [-0.4, -0.2) is 29.9 Å². The van der Waals surface area contributed by atoms with Crippen molar-refractivity contribution in [1.82, 2.24) is 0 Å². The van der Waals surface area contributed by atoms with Crippen LogP contribution < -0.4 is 9.80 Å². The first-order valence-electron chi connectivity index (χ1n) is 12.2. The zero-order valence-electron chi connectivity index (χ0n) is 20.9. The van der Waals surface area contributed by atoms with E-state index in [2.05, 4.69) is 18.7 Å². The standard InChI is InChI=1S/C30H27ClN2O4/c1-4-32(5-2)21-11-13-22(14-12-21)33-27(23-9-7-6-8-18(23)3)26(29(35)30(33)36)28(34)25-17-19-16-20(31)10-15-24(19)37-25/h6-17,27,35H,4-5H2,1-3H3. The van der Waals surface area contributed by atoms with E-state index >= 15 is 0 Å². The van der Waals surface area contributed by atoms with Gasteiger partial charge in [0, 0.05) is 34.9 Å². The second-order valence-electron chi connectivity index (χ2n) is 9.01. The van der Waals surface area contributed by atoms with Crippen LogP contribution in [0, 0.1) is 6.92 Å². The fourth-order valence-corrected chi connectivity index (χ4v) is 5.14. The number of carbonyl (C=O) groups is 2. The van der Waals surface area contributed by atoms with Gasteiger partial charge in [-0.3, -0.25) is 14.5 Å². The molecule has 1 amide bonds. The summed E-state index contributed by atoms with van der Waals surface area (Å²) < 4.78 is 5.81. The van der Waals surface area contributed by atoms with Gasteiger partial charge in [-0.25, -0.2) is 0 Å². The number of Topliss-reactive ketones (excluding diaryl/α,β-unsaturated/α-hetero) is 1. The average Bonchev–Trinajstić information content (AvgIpc) is 3.43. The zero-order valence-corrected chi connectivity index (χ0v) is 21.6. The van der Waals surface area contributed by atoms with Crippen molar-refractivity contribution < 1.29 is 19.1 Å². The molecule has 0 radical (unpaired) electrons. The van der Waals surface area contributed by atoms with Gasteiger partial charge in [-0.15, -0.1) is 0 Å². The number of aliphatic hydroxyl groups excluding tert-OH is 1. The van der Waals surface area contributed by atoms with Gasteiger partial charge in [0.05, 0.1) is 11.6 Å². The number of amides is 1. The van der Waals surface area contributed by atoms with Crippen molar-refractivity contribution in [3.05, 3.63) is 106 Å². The molecule has 1 aromatic heterocycles. The summed E-state index contributed by atoms with van der Waals surface area (Å²) in [6.45, 7) is 7.80. The van der Waals surface area contributed by atoms with Crippen LogP contribution in [0.5, 0.6) is 0 Å². The van der Waals surface area contributed by atoms with Gasteiger partial charge in [-0.05, 0) is 80.4 Å². The van der Waals surface area contributed by atoms with E-state index < -0.39 is 23.5 Å². The lowest BCUT2D eigenvalue weighted by atomic mass is 9.92. The number of nitrogens with zero attached hydrogens (tertiary/aromatic N) is 2. The Morgan fingerprint density at radius 1 is 1.03 bits per heavy atom. The highest BCUT2D eigenvalue weighted by Crippen LogP contribution is 2.43. The van der Waals surface area contributed by atoms with Gasteiger partial charge in [0.1, 0.15) is 5.58 Å². The van der Waals surface area contributed by atoms with Gasteiger partial charge in [0.2, 0.25) is 5.78 Å². The van der Waals surface area contributed by atoms with E-state index in [0.29, 0.717) is 21.7 Å². The van der Waals surface area contributed by atoms with Crippen LogP contribution >= 0.6 is 11.6 Å². The van der Waals surface area contributed by atoms with Crippen molar-refractivity contribution in [3.8, 4) is 0 Å². The molecule has 0 bridgehead atoms. The monoisotopic (exact) mass is 514 g/mol. The molecule has 2 heterocycles. The zero-order chi connectivity index (χ0) is 26.3. The number of halogens is 1. The average molecular weight is 515 g/mol. The van der Waals surface area contributed by atoms with Gasteiger partial charge in [0.25, 0.3) is 5.91 Å². The largest absolute Gasteiger partial charge is 0.503 e. The molecule has 0 saturated heterocycles. The molecule has 4 aromatic rings. The first-order chi connectivity index (χ1) is 17.8. The van der Waals surface area contributed by atoms with Crippen molar-refractivity contribution in [3.63, 3.8) is 0 Å². The SMILES string of the molecule is CCN(CC)c1ccc(N2C(=O)C(O)=C(C(=O)c3cc4cc(Cl)ccc4o3)C2c2ccccc2C)cc1. The minimum Gasteiger partial charge on any atom is -0.503 e. The molecule has 1 aliphatic heterocycles. The second-order valence-corrected chi connectivity index (χ2v) is 9.44. The Labute approximate surface area is 220 Å². The molecule has 1 N–H and O–H groups in total. The van der Waals surface area contributed by atoms with Crippen LogP contribution in [0.15, 0.2) is 88.5 Å². The molecule has 1 atom stereocenters. The van der Waals surface area contributed by atoms with Crippen molar-refractivity contribution in [2.45, 2.75) is 26.8 Å². The number of hydrogen-bond donors (Lipinski definition) is 1. The Kier molecular flexibility index (Phi) is 6.52. The van der Waals surface area contributed by atoms with Crippen molar-refractivity contribution in [2.75, 3.05) is 22.9 Å². The molecule has 5 rings (SSSR count). The lowest BCUT2D eigenvalue weighted by Gasteiger charge is -2.28. The highest BCUT2D eigenvalue weighted by atomic mass is 35.5. The summed E-state index contributed by atoms with van der Waals surface area (Å²) in [4.78, 5) is 31.0. The maximum absolute atomic E-state index is 13.8. The predicted octanol–water partition coefficient (Wildman–Crippen LogP) is 7.02. The van der Waals surface area contributed by atoms with Crippen LogP contribution in [0.1, 0.15) is 41.6 Å². The number of benzene rings is 3. The minimum absolute atomic E-state index is 0.0164. The van der Waals surface area contributed by atoms with E-state index in [4.69, 9.17) is 16.0 Å². The maximum Gasteiger partial charge on any atom is 0.294 e. The fourth-order valence-electron chi connectivity index (χ4n) is 4.96. The number of ketones is 1. The molecule has 188 valence electrons. The molecule has 0 saturated carbocycles. The van der Waals surface area contributed by atoms with E-state index in [0.717, 1.165) is 29.9 Å². The van der Waals surface area contributed by atoms with Gasteiger partial charge in [0.15, 0.2) is 11.5 Å². The van der Waals surface area contributed by atoms with Crippen molar-refractivity contribution in [2.24, 2.45) is 0 Å². The Morgan fingerprint density at radius 2 is 1.73 bits per heavy atom. The molecular weight excluding hydrogens is 488 g/mol. The summed E-state index contributed by atoms with van der Waals surface area (Å²) >= 11 is 6.10. The van der Waals surface area contributed by atoms with Crippen LogP contribution in [-0.2, 0) is 4.79 Å². The second kappa shape index (κ2) is 9.79. The molecule has 1 unspecified atom stereocenters. The lowest BCUT2D eigenvalue weighted by Crippen LogP contribution is -2.31. The van der Waals surface area contributed by atoms with Gasteiger partial charge in [-0.1, -0.05) is 35.9 Å². The summed E-state index contributed by atoms with van der Waals surface area (Å²) in [6.07, 6.45) is 0. The van der Waals surface area contributed by atoms with Crippen molar-refractivity contribution in [1.29, 1.82) is 0 Å². The molecule has 1 aliphatic rings. The molecule has 7 heteroatoms. The van der Waals surface area contributed by atoms with Gasteiger partial charge >= 0.3 is 0 Å².